The molecule has 3 N–H and O–H groups in total. The van der Waals surface area contributed by atoms with Crippen molar-refractivity contribution in [3.8, 4) is 0 Å². The average molecular weight is 390 g/mol. The number of aliphatic hydroxyl groups is 2. The SMILES string of the molecule is CCCCCC(C)(O)CSC1CCC(=O)N1CC(O)CCCCC(=O)O. The summed E-state index contributed by atoms with van der Waals surface area (Å²) in [5.74, 6) is -0.186. The zero-order valence-electron chi connectivity index (χ0n) is 16.2. The lowest BCUT2D eigenvalue weighted by Crippen LogP contribution is -2.39. The van der Waals surface area contributed by atoms with Crippen molar-refractivity contribution in [1.29, 1.82) is 0 Å². The lowest BCUT2D eigenvalue weighted by molar-refractivity contribution is -0.137. The zero-order chi connectivity index (χ0) is 19.6. The molecule has 0 aromatic rings. The first-order chi connectivity index (χ1) is 12.2. The summed E-state index contributed by atoms with van der Waals surface area (Å²) in [5, 5.41) is 29.3. The maximum absolute atomic E-state index is 12.1. The molecule has 7 heteroatoms. The van der Waals surface area contributed by atoms with E-state index in [1.165, 1.54) is 0 Å². The van der Waals surface area contributed by atoms with E-state index in [-0.39, 0.29) is 17.7 Å². The van der Waals surface area contributed by atoms with Crippen LogP contribution in [-0.2, 0) is 9.59 Å². The number of amides is 1. The summed E-state index contributed by atoms with van der Waals surface area (Å²) in [6.07, 6.45) is 6.41. The highest BCUT2D eigenvalue weighted by Gasteiger charge is 2.34. The molecule has 0 radical (unpaired) electrons. The van der Waals surface area contributed by atoms with Crippen LogP contribution in [0.4, 0.5) is 0 Å². The largest absolute Gasteiger partial charge is 0.481 e. The number of unbranched alkanes of at least 4 members (excludes halogenated alkanes) is 3. The first-order valence-corrected chi connectivity index (χ1v) is 10.8. The number of carboxylic acids is 1. The minimum atomic E-state index is -0.823. The van der Waals surface area contributed by atoms with Gasteiger partial charge in [-0.3, -0.25) is 9.59 Å². The van der Waals surface area contributed by atoms with Crippen molar-refractivity contribution in [3.63, 3.8) is 0 Å². The van der Waals surface area contributed by atoms with Gasteiger partial charge in [-0.05, 0) is 32.6 Å². The Hall–Kier alpha value is -0.790. The van der Waals surface area contributed by atoms with E-state index >= 15 is 0 Å². The average Bonchev–Trinajstić information content (AvgIpc) is 2.90. The third kappa shape index (κ3) is 9.24. The number of hydrogen-bond acceptors (Lipinski definition) is 5. The summed E-state index contributed by atoms with van der Waals surface area (Å²) in [4.78, 5) is 24.4. The predicted molar refractivity (Wildman–Crippen MR) is 104 cm³/mol. The molecule has 0 saturated carbocycles. The summed E-state index contributed by atoms with van der Waals surface area (Å²) < 4.78 is 0. The van der Waals surface area contributed by atoms with Crippen LogP contribution in [0.3, 0.4) is 0 Å². The van der Waals surface area contributed by atoms with E-state index in [4.69, 9.17) is 5.11 Å². The number of aliphatic carboxylic acids is 1. The molecule has 3 atom stereocenters. The van der Waals surface area contributed by atoms with Crippen LogP contribution >= 0.6 is 11.8 Å². The van der Waals surface area contributed by atoms with Crippen molar-refractivity contribution < 1.29 is 24.9 Å². The van der Waals surface area contributed by atoms with Crippen molar-refractivity contribution in [2.45, 2.75) is 95.1 Å². The Morgan fingerprint density at radius 2 is 2.08 bits per heavy atom. The molecule has 1 aliphatic rings. The predicted octanol–water partition coefficient (Wildman–Crippen LogP) is 3.01. The van der Waals surface area contributed by atoms with Gasteiger partial charge in [0.1, 0.15) is 0 Å². The van der Waals surface area contributed by atoms with Gasteiger partial charge in [0.2, 0.25) is 5.91 Å². The number of carbonyl (C=O) groups excluding carboxylic acids is 1. The molecule has 3 unspecified atom stereocenters. The first-order valence-electron chi connectivity index (χ1n) is 9.78. The molecule has 0 spiro atoms. The Morgan fingerprint density at radius 3 is 2.73 bits per heavy atom. The van der Waals surface area contributed by atoms with Crippen molar-refractivity contribution in [1.82, 2.24) is 4.90 Å². The number of rotatable bonds is 14. The smallest absolute Gasteiger partial charge is 0.303 e. The van der Waals surface area contributed by atoms with Gasteiger partial charge < -0.3 is 20.2 Å². The maximum Gasteiger partial charge on any atom is 0.303 e. The quantitative estimate of drug-likeness (QED) is 0.395. The van der Waals surface area contributed by atoms with Gasteiger partial charge in [-0.25, -0.2) is 0 Å². The van der Waals surface area contributed by atoms with Crippen LogP contribution in [0, 0.1) is 0 Å². The molecule has 0 aromatic carbocycles. The zero-order valence-corrected chi connectivity index (χ0v) is 17.0. The van der Waals surface area contributed by atoms with Gasteiger partial charge in [0.05, 0.1) is 17.1 Å². The third-order valence-corrected chi connectivity index (χ3v) is 6.43. The molecule has 1 saturated heterocycles. The number of thioether (sulfide) groups is 1. The van der Waals surface area contributed by atoms with E-state index < -0.39 is 17.7 Å². The van der Waals surface area contributed by atoms with Gasteiger partial charge in [0.15, 0.2) is 0 Å². The van der Waals surface area contributed by atoms with Gasteiger partial charge >= 0.3 is 5.97 Å². The lowest BCUT2D eigenvalue weighted by atomic mass is 10.0. The fourth-order valence-electron chi connectivity index (χ4n) is 3.18. The van der Waals surface area contributed by atoms with E-state index in [9.17, 15) is 19.8 Å². The van der Waals surface area contributed by atoms with Crippen LogP contribution in [-0.4, -0.2) is 61.5 Å². The molecule has 1 amide bonds. The standard InChI is InChI=1S/C19H35NO5S/c1-3-4-7-12-19(2,25)14-26-17-11-10-16(22)20(17)13-15(21)8-5-6-9-18(23)24/h15,17,21,25H,3-14H2,1-2H3,(H,23,24). The fourth-order valence-corrected chi connectivity index (χ4v) is 4.54. The van der Waals surface area contributed by atoms with Crippen LogP contribution in [0.15, 0.2) is 0 Å². The summed E-state index contributed by atoms with van der Waals surface area (Å²) >= 11 is 1.60. The normalized spacial score (nSPS) is 21.0. The van der Waals surface area contributed by atoms with E-state index in [1.54, 1.807) is 16.7 Å². The summed E-state index contributed by atoms with van der Waals surface area (Å²) in [6, 6.07) is 0. The van der Waals surface area contributed by atoms with E-state index in [0.29, 0.717) is 38.0 Å². The Kier molecular flexibility index (Phi) is 10.6. The molecule has 1 heterocycles. The monoisotopic (exact) mass is 389 g/mol. The number of carboxylic acid groups (broad SMARTS) is 1. The highest BCUT2D eigenvalue weighted by molar-refractivity contribution is 7.99. The minimum absolute atomic E-state index is 0.00817. The molecule has 1 aliphatic heterocycles. The van der Waals surface area contributed by atoms with Crippen LogP contribution in [0.5, 0.6) is 0 Å². The van der Waals surface area contributed by atoms with E-state index in [1.807, 2.05) is 6.92 Å². The summed E-state index contributed by atoms with van der Waals surface area (Å²) in [6.45, 7) is 4.29. The van der Waals surface area contributed by atoms with Crippen LogP contribution < -0.4 is 0 Å². The van der Waals surface area contributed by atoms with Crippen LogP contribution in [0.1, 0.15) is 78.1 Å². The van der Waals surface area contributed by atoms with Crippen molar-refractivity contribution in [3.05, 3.63) is 0 Å². The molecular formula is C19H35NO5S. The van der Waals surface area contributed by atoms with Gasteiger partial charge in [-0.1, -0.05) is 32.6 Å². The molecule has 1 rings (SSSR count). The second kappa shape index (κ2) is 11.8. The van der Waals surface area contributed by atoms with Crippen molar-refractivity contribution in [2.24, 2.45) is 0 Å². The molecule has 0 aromatic heterocycles. The molecule has 26 heavy (non-hydrogen) atoms. The second-order valence-electron chi connectivity index (χ2n) is 7.60. The van der Waals surface area contributed by atoms with E-state index in [2.05, 4.69) is 6.92 Å². The Bertz CT molecular complexity index is 444. The van der Waals surface area contributed by atoms with Crippen molar-refractivity contribution in [2.75, 3.05) is 12.3 Å². The molecule has 6 nitrogen and oxygen atoms in total. The summed E-state index contributed by atoms with van der Waals surface area (Å²) in [7, 11) is 0. The third-order valence-electron chi connectivity index (χ3n) is 4.76. The number of likely N-dealkylation sites (tertiary alicyclic amines) is 1. The van der Waals surface area contributed by atoms with Gasteiger partial charge in [-0.15, -0.1) is 11.8 Å². The molecule has 0 bridgehead atoms. The second-order valence-corrected chi connectivity index (χ2v) is 8.76. The number of hydrogen-bond donors (Lipinski definition) is 3. The maximum atomic E-state index is 12.1. The van der Waals surface area contributed by atoms with Crippen LogP contribution in [0.25, 0.3) is 0 Å². The minimum Gasteiger partial charge on any atom is -0.481 e. The van der Waals surface area contributed by atoms with Crippen LogP contribution in [0.2, 0.25) is 0 Å². The van der Waals surface area contributed by atoms with E-state index in [0.717, 1.165) is 32.1 Å². The Balaban J connectivity index is 2.38. The number of β-amino-alcohol motifs (C(OH)–C–C–N with tert-alkyl or cyclic N) is 1. The number of aliphatic hydroxyl groups excluding tert-OH is 1. The topological polar surface area (TPSA) is 98.1 Å². The van der Waals surface area contributed by atoms with Gasteiger partial charge in [0, 0.05) is 25.1 Å². The lowest BCUT2D eigenvalue weighted by Gasteiger charge is -2.30. The highest BCUT2D eigenvalue weighted by atomic mass is 32.2. The summed E-state index contributed by atoms with van der Waals surface area (Å²) in [5.41, 5.74) is -0.730. The molecule has 152 valence electrons. The number of nitrogens with zero attached hydrogens (tertiary/aromatic N) is 1. The Labute approximate surface area is 161 Å². The first kappa shape index (κ1) is 23.2. The molecular weight excluding hydrogens is 354 g/mol. The Morgan fingerprint density at radius 1 is 1.35 bits per heavy atom. The number of carbonyl (C=O) groups is 2. The highest BCUT2D eigenvalue weighted by Crippen LogP contribution is 2.32. The van der Waals surface area contributed by atoms with Gasteiger partial charge in [-0.2, -0.15) is 0 Å². The molecule has 1 fully saturated rings. The fraction of sp³-hybridized carbons (Fsp3) is 0.895. The molecule has 0 aliphatic carbocycles. The van der Waals surface area contributed by atoms with Crippen molar-refractivity contribution >= 4 is 23.6 Å². The van der Waals surface area contributed by atoms with Gasteiger partial charge in [0.25, 0.3) is 0 Å².